The quantitative estimate of drug-likeness (QED) is 0.600. The highest BCUT2D eigenvalue weighted by Gasteiger charge is 2.32. The van der Waals surface area contributed by atoms with E-state index in [4.69, 9.17) is 9.84 Å². The molecule has 1 unspecified atom stereocenters. The minimum Gasteiger partial charge on any atom is -0.480 e. The van der Waals surface area contributed by atoms with Crippen LogP contribution in [0.5, 0.6) is 0 Å². The number of carbonyl (C=O) groups is 2. The van der Waals surface area contributed by atoms with Crippen LogP contribution in [-0.2, 0) is 9.53 Å². The average Bonchev–Trinajstić information content (AvgIpc) is 2.23. The van der Waals surface area contributed by atoms with Crippen LogP contribution in [0.1, 0.15) is 34.1 Å². The summed E-state index contributed by atoms with van der Waals surface area (Å²) in [6.07, 6.45) is 0.703. The van der Waals surface area contributed by atoms with Crippen molar-refractivity contribution in [2.75, 3.05) is 19.8 Å². The Kier molecular flexibility index (Phi) is 7.35. The summed E-state index contributed by atoms with van der Waals surface area (Å²) in [7, 11) is 0. The van der Waals surface area contributed by atoms with Gasteiger partial charge in [-0.15, -0.1) is 0 Å². The van der Waals surface area contributed by atoms with E-state index in [-0.39, 0.29) is 0 Å². The summed E-state index contributed by atoms with van der Waals surface area (Å²) in [4.78, 5) is 22.5. The molecule has 0 saturated heterocycles. The zero-order chi connectivity index (χ0) is 14.2. The molecule has 0 aromatic heterocycles. The molecule has 0 aliphatic carbocycles. The lowest BCUT2D eigenvalue weighted by Gasteiger charge is -2.27. The average molecular weight is 260 g/mol. The van der Waals surface area contributed by atoms with Gasteiger partial charge in [0.25, 0.3) is 0 Å². The van der Waals surface area contributed by atoms with Crippen LogP contribution >= 0.6 is 0 Å². The maximum atomic E-state index is 11.5. The van der Waals surface area contributed by atoms with Crippen molar-refractivity contribution >= 4 is 12.0 Å². The molecular weight excluding hydrogens is 236 g/mol. The molecule has 0 aliphatic heterocycles. The number of carbonyl (C=O) groups excluding carboxylic acids is 1. The van der Waals surface area contributed by atoms with Crippen LogP contribution in [0.3, 0.4) is 0 Å². The topological polar surface area (TPSA) is 87.7 Å². The van der Waals surface area contributed by atoms with Crippen LogP contribution in [0, 0.1) is 5.41 Å². The number of urea groups is 1. The highest BCUT2D eigenvalue weighted by molar-refractivity contribution is 5.83. The number of carboxylic acids is 1. The summed E-state index contributed by atoms with van der Waals surface area (Å²) in [6.45, 7) is 8.89. The molecule has 3 N–H and O–H groups in total. The Balaban J connectivity index is 4.01. The Hall–Kier alpha value is -1.30. The highest BCUT2D eigenvalue weighted by atomic mass is 16.5. The first-order valence-corrected chi connectivity index (χ1v) is 6.14. The fraction of sp³-hybridized carbons (Fsp3) is 0.833. The number of rotatable bonds is 7. The van der Waals surface area contributed by atoms with Crippen LogP contribution in [0.15, 0.2) is 0 Å². The fourth-order valence-corrected chi connectivity index (χ4v) is 1.35. The van der Waals surface area contributed by atoms with Crippen LogP contribution in [0.4, 0.5) is 4.79 Å². The van der Waals surface area contributed by atoms with Gasteiger partial charge in [-0.2, -0.15) is 0 Å². The predicted octanol–water partition coefficient (Wildman–Crippen LogP) is 1.21. The SMILES string of the molecule is CCOCCCNC(=O)NC(C(=O)O)C(C)(C)C. The van der Waals surface area contributed by atoms with Crippen molar-refractivity contribution in [1.82, 2.24) is 10.6 Å². The maximum absolute atomic E-state index is 11.5. The third-order valence-electron chi connectivity index (χ3n) is 2.34. The van der Waals surface area contributed by atoms with E-state index < -0.39 is 23.5 Å². The van der Waals surface area contributed by atoms with Gasteiger partial charge in [-0.1, -0.05) is 20.8 Å². The van der Waals surface area contributed by atoms with Gasteiger partial charge in [-0.3, -0.25) is 0 Å². The number of nitrogens with one attached hydrogen (secondary N) is 2. The normalized spacial score (nSPS) is 12.9. The second-order valence-corrected chi connectivity index (χ2v) is 5.09. The van der Waals surface area contributed by atoms with E-state index in [9.17, 15) is 9.59 Å². The molecule has 0 aliphatic rings. The second kappa shape index (κ2) is 7.92. The zero-order valence-electron chi connectivity index (χ0n) is 11.6. The second-order valence-electron chi connectivity index (χ2n) is 5.09. The summed E-state index contributed by atoms with van der Waals surface area (Å²) >= 11 is 0. The van der Waals surface area contributed by atoms with Crippen molar-refractivity contribution in [2.24, 2.45) is 5.41 Å². The first-order valence-electron chi connectivity index (χ1n) is 6.14. The third kappa shape index (κ3) is 7.11. The van der Waals surface area contributed by atoms with Crippen molar-refractivity contribution in [3.8, 4) is 0 Å². The van der Waals surface area contributed by atoms with Crippen molar-refractivity contribution < 1.29 is 19.4 Å². The first-order chi connectivity index (χ1) is 8.29. The number of hydrogen-bond acceptors (Lipinski definition) is 3. The van der Waals surface area contributed by atoms with E-state index in [1.54, 1.807) is 20.8 Å². The van der Waals surface area contributed by atoms with Crippen molar-refractivity contribution in [3.63, 3.8) is 0 Å². The molecule has 0 saturated carbocycles. The van der Waals surface area contributed by atoms with Gasteiger partial charge in [-0.25, -0.2) is 9.59 Å². The van der Waals surface area contributed by atoms with E-state index in [2.05, 4.69) is 10.6 Å². The summed E-state index contributed by atoms with van der Waals surface area (Å²) in [5.74, 6) is -1.04. The van der Waals surface area contributed by atoms with Gasteiger partial charge in [-0.05, 0) is 18.8 Å². The molecular formula is C12H24N2O4. The van der Waals surface area contributed by atoms with Gasteiger partial charge in [0.2, 0.25) is 0 Å². The molecule has 0 aromatic carbocycles. The molecule has 0 spiro atoms. The molecule has 0 heterocycles. The summed E-state index contributed by atoms with van der Waals surface area (Å²) < 4.78 is 5.12. The highest BCUT2D eigenvalue weighted by Crippen LogP contribution is 2.19. The molecule has 18 heavy (non-hydrogen) atoms. The molecule has 0 rings (SSSR count). The minimum atomic E-state index is -1.04. The molecule has 1 atom stereocenters. The zero-order valence-corrected chi connectivity index (χ0v) is 11.6. The van der Waals surface area contributed by atoms with Crippen molar-refractivity contribution in [2.45, 2.75) is 40.2 Å². The van der Waals surface area contributed by atoms with E-state index in [1.165, 1.54) is 0 Å². The molecule has 0 fully saturated rings. The van der Waals surface area contributed by atoms with Crippen molar-refractivity contribution in [1.29, 1.82) is 0 Å². The smallest absolute Gasteiger partial charge is 0.326 e. The van der Waals surface area contributed by atoms with Crippen LogP contribution in [0.25, 0.3) is 0 Å². The number of ether oxygens (including phenoxy) is 1. The van der Waals surface area contributed by atoms with Crippen molar-refractivity contribution in [3.05, 3.63) is 0 Å². The summed E-state index contributed by atoms with van der Waals surface area (Å²) in [5, 5.41) is 14.1. The molecule has 0 radical (unpaired) electrons. The monoisotopic (exact) mass is 260 g/mol. The Morgan fingerprint density at radius 1 is 1.33 bits per heavy atom. The first kappa shape index (κ1) is 16.7. The minimum absolute atomic E-state index is 0.461. The standard InChI is InChI=1S/C12H24N2O4/c1-5-18-8-6-7-13-11(17)14-9(10(15)16)12(2,3)4/h9H,5-8H2,1-4H3,(H,15,16)(H2,13,14,17). The van der Waals surface area contributed by atoms with Gasteiger partial charge in [0.05, 0.1) is 0 Å². The van der Waals surface area contributed by atoms with Gasteiger partial charge < -0.3 is 20.5 Å². The Morgan fingerprint density at radius 3 is 2.39 bits per heavy atom. The Bertz CT molecular complexity index is 274. The lowest BCUT2D eigenvalue weighted by Crippen LogP contribution is -2.52. The molecule has 6 heteroatoms. The Labute approximate surface area is 108 Å². The lowest BCUT2D eigenvalue weighted by atomic mass is 9.87. The van der Waals surface area contributed by atoms with E-state index in [0.29, 0.717) is 26.2 Å². The number of carboxylic acid groups (broad SMARTS) is 1. The molecule has 6 nitrogen and oxygen atoms in total. The third-order valence-corrected chi connectivity index (χ3v) is 2.34. The number of amides is 2. The lowest BCUT2D eigenvalue weighted by molar-refractivity contribution is -0.141. The van der Waals surface area contributed by atoms with Gasteiger partial charge in [0.15, 0.2) is 0 Å². The van der Waals surface area contributed by atoms with Gasteiger partial charge >= 0.3 is 12.0 Å². The Morgan fingerprint density at radius 2 is 1.94 bits per heavy atom. The molecule has 106 valence electrons. The molecule has 0 aromatic rings. The summed E-state index contributed by atoms with van der Waals surface area (Å²) in [5.41, 5.74) is -0.533. The van der Waals surface area contributed by atoms with Gasteiger partial charge in [0, 0.05) is 19.8 Å². The van der Waals surface area contributed by atoms with E-state index in [0.717, 1.165) is 0 Å². The molecule has 2 amide bonds. The fourth-order valence-electron chi connectivity index (χ4n) is 1.35. The van der Waals surface area contributed by atoms with E-state index in [1.807, 2.05) is 6.92 Å². The number of hydrogen-bond donors (Lipinski definition) is 3. The maximum Gasteiger partial charge on any atom is 0.326 e. The predicted molar refractivity (Wildman–Crippen MR) is 68.5 cm³/mol. The van der Waals surface area contributed by atoms with E-state index >= 15 is 0 Å². The summed E-state index contributed by atoms with van der Waals surface area (Å²) in [6, 6.07) is -1.38. The largest absolute Gasteiger partial charge is 0.480 e. The number of aliphatic carboxylic acids is 1. The molecule has 0 bridgehead atoms. The van der Waals surface area contributed by atoms with Gasteiger partial charge in [0.1, 0.15) is 6.04 Å². The van der Waals surface area contributed by atoms with Crippen LogP contribution in [-0.4, -0.2) is 42.9 Å². The van der Waals surface area contributed by atoms with Crippen LogP contribution in [0.2, 0.25) is 0 Å². The van der Waals surface area contributed by atoms with Crippen LogP contribution < -0.4 is 10.6 Å².